The van der Waals surface area contributed by atoms with Crippen molar-refractivity contribution >= 4 is 44.4 Å². The lowest BCUT2D eigenvalue weighted by Gasteiger charge is -2.26. The number of halogens is 1. The Labute approximate surface area is 158 Å². The highest BCUT2D eigenvalue weighted by Crippen LogP contribution is 2.28. The van der Waals surface area contributed by atoms with Crippen LogP contribution in [-0.4, -0.2) is 34.0 Å². The molecule has 0 bridgehead atoms. The molecule has 2 atom stereocenters. The highest BCUT2D eigenvalue weighted by molar-refractivity contribution is 9.11. The van der Waals surface area contributed by atoms with Gasteiger partial charge in [-0.25, -0.2) is 9.78 Å². The number of aromatic nitrogens is 1. The molecule has 6 nitrogen and oxygen atoms in total. The molecule has 0 saturated carbocycles. The van der Waals surface area contributed by atoms with Gasteiger partial charge in [0.1, 0.15) is 12.6 Å². The van der Waals surface area contributed by atoms with Gasteiger partial charge in [-0.1, -0.05) is 41.7 Å². The number of hydrogen-bond acceptors (Lipinski definition) is 5. The summed E-state index contributed by atoms with van der Waals surface area (Å²) in [5.74, 6) is -0.233. The molecule has 0 aliphatic carbocycles. The van der Waals surface area contributed by atoms with Crippen molar-refractivity contribution in [3.8, 4) is 0 Å². The fourth-order valence-electron chi connectivity index (χ4n) is 2.84. The highest BCUT2D eigenvalue weighted by atomic mass is 79.9. The van der Waals surface area contributed by atoms with E-state index in [4.69, 9.17) is 4.74 Å². The number of benzene rings is 1. The lowest BCUT2D eigenvalue weighted by molar-refractivity contribution is -0.120. The number of likely N-dealkylation sites (tertiary alicyclic amines) is 1. The molecule has 2 amide bonds. The van der Waals surface area contributed by atoms with Crippen LogP contribution in [0.1, 0.15) is 25.3 Å². The van der Waals surface area contributed by atoms with E-state index in [1.54, 1.807) is 6.20 Å². The van der Waals surface area contributed by atoms with Crippen molar-refractivity contribution in [1.29, 1.82) is 0 Å². The monoisotopic (exact) mass is 423 g/mol. The van der Waals surface area contributed by atoms with Crippen LogP contribution >= 0.6 is 27.3 Å². The molecule has 132 valence electrons. The van der Waals surface area contributed by atoms with Crippen molar-refractivity contribution in [2.24, 2.45) is 0 Å². The van der Waals surface area contributed by atoms with Gasteiger partial charge in [0, 0.05) is 6.04 Å². The van der Waals surface area contributed by atoms with Crippen LogP contribution in [-0.2, 0) is 16.1 Å². The van der Waals surface area contributed by atoms with Gasteiger partial charge in [0.2, 0.25) is 5.91 Å². The molecule has 1 fully saturated rings. The molecule has 0 spiro atoms. The van der Waals surface area contributed by atoms with E-state index in [2.05, 4.69) is 26.2 Å². The van der Waals surface area contributed by atoms with Gasteiger partial charge in [0.25, 0.3) is 0 Å². The number of nitrogens with zero attached hydrogens (tertiary/aromatic N) is 2. The third-order valence-corrected chi connectivity index (χ3v) is 5.49. The van der Waals surface area contributed by atoms with Crippen molar-refractivity contribution < 1.29 is 14.3 Å². The van der Waals surface area contributed by atoms with Gasteiger partial charge < -0.3 is 10.1 Å². The number of carbonyl (C=O) groups is 2. The van der Waals surface area contributed by atoms with Crippen LogP contribution in [0.3, 0.4) is 0 Å². The second-order valence-electron chi connectivity index (χ2n) is 5.85. The average Bonchev–Trinajstić information content (AvgIpc) is 3.19. The normalized spacial score (nSPS) is 19.7. The van der Waals surface area contributed by atoms with E-state index in [0.717, 1.165) is 15.8 Å². The molecule has 1 aliphatic heterocycles. The predicted octanol–water partition coefficient (Wildman–Crippen LogP) is 4.03. The first-order chi connectivity index (χ1) is 12.0. The van der Waals surface area contributed by atoms with Crippen molar-refractivity contribution in [2.45, 2.75) is 38.5 Å². The lowest BCUT2D eigenvalue weighted by Crippen LogP contribution is -2.46. The van der Waals surface area contributed by atoms with Crippen molar-refractivity contribution in [3.63, 3.8) is 0 Å². The van der Waals surface area contributed by atoms with E-state index in [1.807, 2.05) is 37.3 Å². The molecule has 8 heteroatoms. The first kappa shape index (κ1) is 17.9. The smallest absolute Gasteiger partial charge is 0.411 e. The molecule has 2 aromatic rings. The summed E-state index contributed by atoms with van der Waals surface area (Å²) in [4.78, 5) is 30.7. The van der Waals surface area contributed by atoms with Gasteiger partial charge in [0.15, 0.2) is 5.13 Å². The van der Waals surface area contributed by atoms with E-state index in [1.165, 1.54) is 16.2 Å². The molecule has 1 aliphatic rings. The molecule has 0 radical (unpaired) electrons. The van der Waals surface area contributed by atoms with Gasteiger partial charge in [-0.05, 0) is 41.3 Å². The quantitative estimate of drug-likeness (QED) is 0.805. The SMILES string of the molecule is CC1CC[C@@H](C(=O)Nc2ncc(Br)s2)N1C(=O)OCc1ccccc1. The fourth-order valence-corrected chi connectivity index (χ4v) is 3.95. The second-order valence-corrected chi connectivity index (χ2v) is 8.26. The van der Waals surface area contributed by atoms with E-state index in [9.17, 15) is 9.59 Å². The van der Waals surface area contributed by atoms with Crippen LogP contribution in [0, 0.1) is 0 Å². The number of thiazole rings is 1. The van der Waals surface area contributed by atoms with Gasteiger partial charge in [-0.3, -0.25) is 9.69 Å². The minimum atomic E-state index is -0.541. The van der Waals surface area contributed by atoms with Gasteiger partial charge in [-0.2, -0.15) is 0 Å². The molecule has 1 saturated heterocycles. The summed E-state index contributed by atoms with van der Waals surface area (Å²) in [6.07, 6.45) is 2.54. The summed E-state index contributed by atoms with van der Waals surface area (Å²) in [7, 11) is 0. The van der Waals surface area contributed by atoms with Crippen LogP contribution < -0.4 is 5.32 Å². The summed E-state index contributed by atoms with van der Waals surface area (Å²) in [6, 6.07) is 8.90. The number of ether oxygens (including phenoxy) is 1. The van der Waals surface area contributed by atoms with E-state index < -0.39 is 12.1 Å². The summed E-state index contributed by atoms with van der Waals surface area (Å²) in [6.45, 7) is 2.12. The number of nitrogens with one attached hydrogen (secondary N) is 1. The van der Waals surface area contributed by atoms with Crippen molar-refractivity contribution in [3.05, 3.63) is 45.9 Å². The highest BCUT2D eigenvalue weighted by Gasteiger charge is 2.40. The van der Waals surface area contributed by atoms with Crippen molar-refractivity contribution in [1.82, 2.24) is 9.88 Å². The van der Waals surface area contributed by atoms with Crippen LogP contribution in [0.5, 0.6) is 0 Å². The van der Waals surface area contributed by atoms with Crippen LogP contribution in [0.4, 0.5) is 9.93 Å². The first-order valence-electron chi connectivity index (χ1n) is 7.96. The van der Waals surface area contributed by atoms with E-state index in [-0.39, 0.29) is 18.6 Å². The topological polar surface area (TPSA) is 71.5 Å². The van der Waals surface area contributed by atoms with E-state index >= 15 is 0 Å². The zero-order chi connectivity index (χ0) is 17.8. The predicted molar refractivity (Wildman–Crippen MR) is 99.4 cm³/mol. The van der Waals surface area contributed by atoms with Crippen LogP contribution in [0.25, 0.3) is 0 Å². The number of carbonyl (C=O) groups excluding carboxylic acids is 2. The molecule has 3 rings (SSSR count). The Bertz CT molecular complexity index is 753. The van der Waals surface area contributed by atoms with Crippen molar-refractivity contribution in [2.75, 3.05) is 5.32 Å². The summed E-state index contributed by atoms with van der Waals surface area (Å²) in [5.41, 5.74) is 0.913. The Morgan fingerprint density at radius 2 is 2.12 bits per heavy atom. The van der Waals surface area contributed by atoms with Crippen LogP contribution in [0.2, 0.25) is 0 Å². The third kappa shape index (κ3) is 4.38. The number of hydrogen-bond donors (Lipinski definition) is 1. The fraction of sp³-hybridized carbons (Fsp3) is 0.353. The van der Waals surface area contributed by atoms with Gasteiger partial charge in [-0.15, -0.1) is 0 Å². The molecular formula is C17H18BrN3O3S. The average molecular weight is 424 g/mol. The van der Waals surface area contributed by atoms with Gasteiger partial charge in [0.05, 0.1) is 9.98 Å². The Balaban J connectivity index is 1.63. The molecule has 1 aromatic carbocycles. The number of anilines is 1. The maximum absolute atomic E-state index is 12.5. The molecule has 1 unspecified atom stereocenters. The molecule has 25 heavy (non-hydrogen) atoms. The number of rotatable bonds is 4. The maximum atomic E-state index is 12.5. The molecule has 1 aromatic heterocycles. The third-order valence-electron chi connectivity index (χ3n) is 4.09. The standard InChI is InChI=1S/C17H18BrN3O3S/c1-11-7-8-13(15(22)20-16-19-9-14(18)25-16)21(11)17(23)24-10-12-5-3-2-4-6-12/h2-6,9,11,13H,7-8,10H2,1H3,(H,19,20,22)/t11?,13-/m0/s1. The Morgan fingerprint density at radius 1 is 1.36 bits per heavy atom. The minimum absolute atomic E-state index is 0.0398. The lowest BCUT2D eigenvalue weighted by atomic mass is 10.2. The largest absolute Gasteiger partial charge is 0.445 e. The minimum Gasteiger partial charge on any atom is -0.445 e. The number of amides is 2. The first-order valence-corrected chi connectivity index (χ1v) is 9.57. The molecule has 2 heterocycles. The zero-order valence-electron chi connectivity index (χ0n) is 13.6. The Morgan fingerprint density at radius 3 is 2.80 bits per heavy atom. The summed E-state index contributed by atoms with van der Waals surface area (Å²) >= 11 is 4.64. The second kappa shape index (κ2) is 7.97. The van der Waals surface area contributed by atoms with E-state index in [0.29, 0.717) is 11.6 Å². The summed E-state index contributed by atoms with van der Waals surface area (Å²) < 4.78 is 6.24. The zero-order valence-corrected chi connectivity index (χ0v) is 16.0. The summed E-state index contributed by atoms with van der Waals surface area (Å²) in [5, 5.41) is 3.28. The Hall–Kier alpha value is -1.93. The Kier molecular flexibility index (Phi) is 5.70. The maximum Gasteiger partial charge on any atom is 0.411 e. The van der Waals surface area contributed by atoms with Crippen LogP contribution in [0.15, 0.2) is 40.3 Å². The molecule has 1 N–H and O–H groups in total. The van der Waals surface area contributed by atoms with Gasteiger partial charge >= 0.3 is 6.09 Å². The molecular weight excluding hydrogens is 406 g/mol.